The predicted octanol–water partition coefficient (Wildman–Crippen LogP) is 2.82. The smallest absolute Gasteiger partial charge is 0.339 e. The third kappa shape index (κ3) is 2.98. The van der Waals surface area contributed by atoms with E-state index in [-0.39, 0.29) is 12.1 Å². The second-order valence-corrected chi connectivity index (χ2v) is 5.94. The number of rotatable bonds is 3. The number of carbonyl (C=O) groups is 1. The number of aromatic nitrogens is 1. The third-order valence-corrected chi connectivity index (χ3v) is 4.48. The van der Waals surface area contributed by atoms with Crippen molar-refractivity contribution in [2.75, 3.05) is 31.7 Å². The van der Waals surface area contributed by atoms with Crippen molar-refractivity contribution in [3.8, 4) is 0 Å². The standard InChI is InChI=1S/C16H18N2O3S/c1-11-13(16(19)20-2)3-4-15(17-11)18-6-7-21-14(9-18)12-5-8-22-10-12/h3-5,8,10,14H,6-7,9H2,1-2H3. The Hall–Kier alpha value is -1.92. The summed E-state index contributed by atoms with van der Waals surface area (Å²) in [7, 11) is 1.38. The van der Waals surface area contributed by atoms with E-state index in [1.807, 2.05) is 13.0 Å². The first-order chi connectivity index (χ1) is 10.7. The molecule has 0 radical (unpaired) electrons. The minimum atomic E-state index is -0.352. The number of pyridine rings is 1. The van der Waals surface area contributed by atoms with Crippen molar-refractivity contribution in [3.63, 3.8) is 0 Å². The van der Waals surface area contributed by atoms with Crippen molar-refractivity contribution in [1.29, 1.82) is 0 Å². The lowest BCUT2D eigenvalue weighted by Gasteiger charge is -2.33. The maximum absolute atomic E-state index is 11.6. The molecule has 0 amide bonds. The zero-order valence-electron chi connectivity index (χ0n) is 12.6. The number of esters is 1. The van der Waals surface area contributed by atoms with Crippen LogP contribution in [0.3, 0.4) is 0 Å². The molecule has 1 aliphatic rings. The molecule has 3 rings (SSSR count). The summed E-state index contributed by atoms with van der Waals surface area (Å²) in [6.07, 6.45) is 0.0717. The van der Waals surface area contributed by atoms with E-state index < -0.39 is 0 Å². The fourth-order valence-electron chi connectivity index (χ4n) is 2.57. The predicted molar refractivity (Wildman–Crippen MR) is 85.5 cm³/mol. The number of anilines is 1. The molecule has 1 unspecified atom stereocenters. The molecule has 1 aliphatic heterocycles. The molecule has 0 N–H and O–H groups in total. The highest BCUT2D eigenvalue weighted by Crippen LogP contribution is 2.27. The van der Waals surface area contributed by atoms with Crippen molar-refractivity contribution in [3.05, 3.63) is 45.8 Å². The topological polar surface area (TPSA) is 51.7 Å². The second-order valence-electron chi connectivity index (χ2n) is 5.16. The number of hydrogen-bond acceptors (Lipinski definition) is 6. The van der Waals surface area contributed by atoms with Gasteiger partial charge in [-0.1, -0.05) is 0 Å². The summed E-state index contributed by atoms with van der Waals surface area (Å²) in [5.74, 6) is 0.517. The molecule has 0 bridgehead atoms. The molecule has 22 heavy (non-hydrogen) atoms. The van der Waals surface area contributed by atoms with Crippen LogP contribution in [-0.4, -0.2) is 37.8 Å². The van der Waals surface area contributed by atoms with Crippen LogP contribution in [0.25, 0.3) is 0 Å². The van der Waals surface area contributed by atoms with Crippen molar-refractivity contribution in [2.24, 2.45) is 0 Å². The molecule has 0 aromatic carbocycles. The van der Waals surface area contributed by atoms with E-state index in [1.165, 1.54) is 12.7 Å². The van der Waals surface area contributed by atoms with E-state index in [0.717, 1.165) is 18.9 Å². The van der Waals surface area contributed by atoms with E-state index in [9.17, 15) is 4.79 Å². The molecule has 0 aliphatic carbocycles. The normalized spacial score (nSPS) is 18.3. The Kier molecular flexibility index (Phi) is 4.40. The maximum atomic E-state index is 11.6. The average Bonchev–Trinajstić information content (AvgIpc) is 3.09. The molecule has 1 saturated heterocycles. The summed E-state index contributed by atoms with van der Waals surface area (Å²) in [6, 6.07) is 5.74. The number of methoxy groups -OCH3 is 1. The van der Waals surface area contributed by atoms with E-state index in [2.05, 4.69) is 26.7 Å². The Morgan fingerprint density at radius 2 is 2.32 bits per heavy atom. The van der Waals surface area contributed by atoms with Crippen LogP contribution in [0, 0.1) is 6.92 Å². The number of ether oxygens (including phenoxy) is 2. The fourth-order valence-corrected chi connectivity index (χ4v) is 3.27. The van der Waals surface area contributed by atoms with Crippen molar-refractivity contribution >= 4 is 23.1 Å². The third-order valence-electron chi connectivity index (χ3n) is 3.78. The molecule has 0 saturated carbocycles. The van der Waals surface area contributed by atoms with Crippen molar-refractivity contribution in [1.82, 2.24) is 4.98 Å². The van der Waals surface area contributed by atoms with Gasteiger partial charge in [-0.25, -0.2) is 9.78 Å². The van der Waals surface area contributed by atoms with Gasteiger partial charge in [-0.05, 0) is 41.4 Å². The van der Waals surface area contributed by atoms with Gasteiger partial charge in [-0.2, -0.15) is 11.3 Å². The number of hydrogen-bond donors (Lipinski definition) is 0. The fraction of sp³-hybridized carbons (Fsp3) is 0.375. The molecule has 3 heterocycles. The molecule has 5 nitrogen and oxygen atoms in total. The first-order valence-corrected chi connectivity index (χ1v) is 8.08. The molecule has 2 aromatic heterocycles. The Morgan fingerprint density at radius 1 is 1.45 bits per heavy atom. The summed E-state index contributed by atoms with van der Waals surface area (Å²) < 4.78 is 10.6. The first kappa shape index (κ1) is 15.0. The van der Waals surface area contributed by atoms with Gasteiger partial charge >= 0.3 is 5.97 Å². The van der Waals surface area contributed by atoms with E-state index in [1.54, 1.807) is 17.4 Å². The number of aryl methyl sites for hydroxylation is 1. The van der Waals surface area contributed by atoms with Crippen molar-refractivity contribution in [2.45, 2.75) is 13.0 Å². The van der Waals surface area contributed by atoms with Crippen LogP contribution >= 0.6 is 11.3 Å². The number of thiophene rings is 1. The first-order valence-electron chi connectivity index (χ1n) is 7.13. The van der Waals surface area contributed by atoms with Gasteiger partial charge in [0.25, 0.3) is 0 Å². The van der Waals surface area contributed by atoms with Crippen LogP contribution in [0.15, 0.2) is 29.0 Å². The van der Waals surface area contributed by atoms with Crippen LogP contribution in [0.2, 0.25) is 0 Å². The minimum Gasteiger partial charge on any atom is -0.465 e. The van der Waals surface area contributed by atoms with Gasteiger partial charge in [0, 0.05) is 13.1 Å². The SMILES string of the molecule is COC(=O)c1ccc(N2CCOC(c3ccsc3)C2)nc1C. The minimum absolute atomic E-state index is 0.0717. The summed E-state index contributed by atoms with van der Waals surface area (Å²) >= 11 is 1.67. The van der Waals surface area contributed by atoms with Crippen LogP contribution in [0.1, 0.15) is 27.7 Å². The highest BCUT2D eigenvalue weighted by molar-refractivity contribution is 7.07. The van der Waals surface area contributed by atoms with Gasteiger partial charge in [-0.3, -0.25) is 0 Å². The zero-order chi connectivity index (χ0) is 15.5. The maximum Gasteiger partial charge on any atom is 0.339 e. The molecular formula is C16H18N2O3S. The van der Waals surface area contributed by atoms with Gasteiger partial charge in [0.1, 0.15) is 11.9 Å². The summed E-state index contributed by atoms with van der Waals surface area (Å²) in [5.41, 5.74) is 2.40. The van der Waals surface area contributed by atoms with E-state index in [4.69, 9.17) is 9.47 Å². The Balaban J connectivity index is 1.79. The highest BCUT2D eigenvalue weighted by atomic mass is 32.1. The average molecular weight is 318 g/mol. The zero-order valence-corrected chi connectivity index (χ0v) is 13.4. The number of morpholine rings is 1. The quantitative estimate of drug-likeness (QED) is 0.815. The van der Waals surface area contributed by atoms with Gasteiger partial charge < -0.3 is 14.4 Å². The molecule has 0 spiro atoms. The van der Waals surface area contributed by atoms with Crippen molar-refractivity contribution < 1.29 is 14.3 Å². The van der Waals surface area contributed by atoms with Gasteiger partial charge in [0.15, 0.2) is 0 Å². The van der Waals surface area contributed by atoms with E-state index >= 15 is 0 Å². The Bertz CT molecular complexity index is 657. The molecular weight excluding hydrogens is 300 g/mol. The summed E-state index contributed by atoms with van der Waals surface area (Å²) in [4.78, 5) is 18.4. The second kappa shape index (κ2) is 6.46. The lowest BCUT2D eigenvalue weighted by Crippen LogP contribution is -2.38. The van der Waals surface area contributed by atoms with Gasteiger partial charge in [0.05, 0.1) is 25.0 Å². The molecule has 6 heteroatoms. The molecule has 2 aromatic rings. The molecule has 1 fully saturated rings. The van der Waals surface area contributed by atoms with Crippen LogP contribution in [0.4, 0.5) is 5.82 Å². The Morgan fingerprint density at radius 3 is 3.00 bits per heavy atom. The molecule has 1 atom stereocenters. The highest BCUT2D eigenvalue weighted by Gasteiger charge is 2.24. The molecule has 116 valence electrons. The van der Waals surface area contributed by atoms with Crippen LogP contribution in [0.5, 0.6) is 0 Å². The lowest BCUT2D eigenvalue weighted by atomic mass is 10.1. The van der Waals surface area contributed by atoms with Crippen LogP contribution in [-0.2, 0) is 9.47 Å². The van der Waals surface area contributed by atoms with E-state index in [0.29, 0.717) is 17.9 Å². The summed E-state index contributed by atoms with van der Waals surface area (Å²) in [5, 5.41) is 4.18. The largest absolute Gasteiger partial charge is 0.465 e. The number of carbonyl (C=O) groups excluding carboxylic acids is 1. The summed E-state index contributed by atoms with van der Waals surface area (Å²) in [6.45, 7) is 4.05. The van der Waals surface area contributed by atoms with Gasteiger partial charge in [0.2, 0.25) is 0 Å². The van der Waals surface area contributed by atoms with Gasteiger partial charge in [-0.15, -0.1) is 0 Å². The number of nitrogens with zero attached hydrogens (tertiary/aromatic N) is 2. The monoisotopic (exact) mass is 318 g/mol. The lowest BCUT2D eigenvalue weighted by molar-refractivity contribution is 0.0397. The van der Waals surface area contributed by atoms with Crippen LogP contribution < -0.4 is 4.90 Å². The Labute approximate surface area is 133 Å².